The van der Waals surface area contributed by atoms with Crippen molar-refractivity contribution in [3.8, 4) is 0 Å². The van der Waals surface area contributed by atoms with Crippen LogP contribution in [0.2, 0.25) is 0 Å². The second kappa shape index (κ2) is 10.1. The highest BCUT2D eigenvalue weighted by molar-refractivity contribution is 6.15. The number of carbonyl (C=O) groups excluding carboxylic acids is 1. The number of rotatable bonds is 4. The molecular weight excluding hydrogens is 212 g/mol. The summed E-state index contributed by atoms with van der Waals surface area (Å²) >= 11 is 4.64. The third-order valence-electron chi connectivity index (χ3n) is 1.23. The van der Waals surface area contributed by atoms with Crippen molar-refractivity contribution in [3.63, 3.8) is 0 Å². The van der Waals surface area contributed by atoms with Crippen LogP contribution in [0.4, 0.5) is 4.79 Å². The standard InChI is InChI=1S/C6H12N2O4.CH3Cl/c1-12-6(11)8-3-2-4(7)5(9)10;1-2/h4H,2-3,7H2,1H3,(H,8,11)(H,9,10);1H3/t4-;/m0./s1. The maximum atomic E-state index is 10.4. The number of amides is 1. The number of carboxylic acid groups (broad SMARTS) is 1. The van der Waals surface area contributed by atoms with E-state index >= 15 is 0 Å². The molecule has 1 atom stereocenters. The van der Waals surface area contributed by atoms with Gasteiger partial charge in [-0.3, -0.25) is 4.79 Å². The summed E-state index contributed by atoms with van der Waals surface area (Å²) in [5.74, 6) is -1.08. The van der Waals surface area contributed by atoms with Crippen LogP contribution in [0.25, 0.3) is 0 Å². The molecule has 0 heterocycles. The van der Waals surface area contributed by atoms with E-state index in [-0.39, 0.29) is 13.0 Å². The minimum Gasteiger partial charge on any atom is -0.480 e. The molecule has 0 saturated heterocycles. The number of methoxy groups -OCH3 is 1. The Morgan fingerprint density at radius 1 is 1.57 bits per heavy atom. The van der Waals surface area contributed by atoms with Crippen LogP contribution >= 0.6 is 11.6 Å². The Bertz CT molecular complexity index is 177. The number of hydrogen-bond acceptors (Lipinski definition) is 4. The van der Waals surface area contributed by atoms with Crippen LogP contribution < -0.4 is 11.1 Å². The fraction of sp³-hybridized carbons (Fsp3) is 0.714. The molecule has 7 heteroatoms. The highest BCUT2D eigenvalue weighted by atomic mass is 35.5. The summed E-state index contributed by atoms with van der Waals surface area (Å²) < 4.78 is 4.25. The van der Waals surface area contributed by atoms with Crippen LogP contribution in [0.3, 0.4) is 0 Å². The zero-order valence-electron chi connectivity index (χ0n) is 8.12. The summed E-state index contributed by atoms with van der Waals surface area (Å²) in [6.45, 7) is 0.195. The number of nitrogens with two attached hydrogens (primary N) is 1. The average Bonchev–Trinajstić information content (AvgIpc) is 2.20. The van der Waals surface area contributed by atoms with Gasteiger partial charge in [0.2, 0.25) is 0 Å². The number of nitrogens with one attached hydrogen (secondary N) is 1. The Morgan fingerprint density at radius 3 is 2.43 bits per heavy atom. The van der Waals surface area contributed by atoms with Crippen molar-refractivity contribution in [2.24, 2.45) is 5.73 Å². The molecule has 0 aliphatic heterocycles. The highest BCUT2D eigenvalue weighted by Gasteiger charge is 2.10. The molecule has 0 saturated carbocycles. The first-order valence-corrected chi connectivity index (χ1v) is 4.51. The van der Waals surface area contributed by atoms with Gasteiger partial charge >= 0.3 is 12.1 Å². The van der Waals surface area contributed by atoms with E-state index < -0.39 is 18.1 Å². The van der Waals surface area contributed by atoms with Gasteiger partial charge in [0.1, 0.15) is 6.04 Å². The van der Waals surface area contributed by atoms with Gasteiger partial charge in [-0.2, -0.15) is 0 Å². The predicted molar refractivity (Wildman–Crippen MR) is 52.4 cm³/mol. The fourth-order valence-corrected chi connectivity index (χ4v) is 0.525. The minimum atomic E-state index is -1.08. The molecule has 0 unspecified atom stereocenters. The lowest BCUT2D eigenvalue weighted by Gasteiger charge is -2.06. The molecule has 0 rings (SSSR count). The molecule has 0 aliphatic rings. The van der Waals surface area contributed by atoms with E-state index in [1.54, 1.807) is 0 Å². The molecular formula is C7H15ClN2O4. The largest absolute Gasteiger partial charge is 0.480 e. The molecule has 0 fully saturated rings. The number of halogens is 1. The molecule has 0 bridgehead atoms. The second-order valence-electron chi connectivity index (χ2n) is 2.15. The molecule has 1 amide bonds. The van der Waals surface area contributed by atoms with Crippen LogP contribution in [-0.2, 0) is 9.53 Å². The van der Waals surface area contributed by atoms with Gasteiger partial charge < -0.3 is 20.9 Å². The zero-order chi connectivity index (χ0) is 11.6. The SMILES string of the molecule is CCl.COC(=O)NCC[C@H](N)C(=O)O. The van der Waals surface area contributed by atoms with Gasteiger partial charge in [-0.1, -0.05) is 0 Å². The lowest BCUT2D eigenvalue weighted by Crippen LogP contribution is -2.35. The lowest BCUT2D eigenvalue weighted by molar-refractivity contribution is -0.138. The van der Waals surface area contributed by atoms with Crippen LogP contribution in [0.15, 0.2) is 0 Å². The van der Waals surface area contributed by atoms with E-state index in [4.69, 9.17) is 10.8 Å². The summed E-state index contributed by atoms with van der Waals surface area (Å²) in [4.78, 5) is 20.6. The Hall–Kier alpha value is -1.01. The first-order chi connectivity index (χ1) is 6.57. The number of alkyl halides is 1. The van der Waals surface area contributed by atoms with Crippen LogP contribution in [0.5, 0.6) is 0 Å². The second-order valence-corrected chi connectivity index (χ2v) is 2.15. The van der Waals surface area contributed by atoms with Crippen LogP contribution in [0, 0.1) is 0 Å². The van der Waals surface area contributed by atoms with E-state index in [9.17, 15) is 9.59 Å². The van der Waals surface area contributed by atoms with Gasteiger partial charge in [-0.15, -0.1) is 11.6 Å². The van der Waals surface area contributed by atoms with Crippen LogP contribution in [-0.4, -0.2) is 43.2 Å². The maximum Gasteiger partial charge on any atom is 0.406 e. The maximum absolute atomic E-state index is 10.4. The van der Waals surface area contributed by atoms with Gasteiger partial charge in [-0.25, -0.2) is 4.79 Å². The van der Waals surface area contributed by atoms with Crippen LogP contribution in [0.1, 0.15) is 6.42 Å². The van der Waals surface area contributed by atoms with E-state index in [0.717, 1.165) is 0 Å². The van der Waals surface area contributed by atoms with Crippen molar-refractivity contribution < 1.29 is 19.4 Å². The number of ether oxygens (including phenoxy) is 1. The van der Waals surface area contributed by atoms with Gasteiger partial charge in [0.15, 0.2) is 0 Å². The molecule has 0 radical (unpaired) electrons. The minimum absolute atomic E-state index is 0.185. The predicted octanol–water partition coefficient (Wildman–Crippen LogP) is -0.000600. The Kier molecular flexibility index (Phi) is 11.1. The van der Waals surface area contributed by atoms with Gasteiger partial charge in [0.05, 0.1) is 7.11 Å². The number of hydrogen-bond donors (Lipinski definition) is 3. The van der Waals surface area contributed by atoms with E-state index in [0.29, 0.717) is 0 Å². The van der Waals surface area contributed by atoms with Gasteiger partial charge in [0, 0.05) is 12.9 Å². The molecule has 4 N–H and O–H groups in total. The molecule has 84 valence electrons. The summed E-state index contributed by atoms with van der Waals surface area (Å²) in [6, 6.07) is -0.942. The first-order valence-electron chi connectivity index (χ1n) is 3.76. The normalized spacial score (nSPS) is 10.6. The van der Waals surface area contributed by atoms with E-state index in [1.807, 2.05) is 0 Å². The highest BCUT2D eigenvalue weighted by Crippen LogP contribution is 1.85. The van der Waals surface area contributed by atoms with Crippen molar-refractivity contribution in [1.29, 1.82) is 0 Å². The van der Waals surface area contributed by atoms with E-state index in [1.165, 1.54) is 13.5 Å². The van der Waals surface area contributed by atoms with Gasteiger partial charge in [-0.05, 0) is 6.42 Å². The molecule has 0 spiro atoms. The quantitative estimate of drug-likeness (QED) is 0.586. The average molecular weight is 227 g/mol. The monoisotopic (exact) mass is 226 g/mol. The third kappa shape index (κ3) is 9.08. The van der Waals surface area contributed by atoms with Crippen molar-refractivity contribution >= 4 is 23.7 Å². The molecule has 6 nitrogen and oxygen atoms in total. The fourth-order valence-electron chi connectivity index (χ4n) is 0.525. The summed E-state index contributed by atoms with van der Waals surface area (Å²) in [6.07, 6.45) is 1.07. The summed E-state index contributed by atoms with van der Waals surface area (Å²) in [7, 11) is 1.23. The van der Waals surface area contributed by atoms with Crippen molar-refractivity contribution in [2.75, 3.05) is 20.0 Å². The number of carboxylic acids is 1. The summed E-state index contributed by atoms with van der Waals surface area (Å²) in [5, 5.41) is 10.6. The van der Waals surface area contributed by atoms with E-state index in [2.05, 4.69) is 21.7 Å². The van der Waals surface area contributed by atoms with Crippen molar-refractivity contribution in [1.82, 2.24) is 5.32 Å². The Balaban J connectivity index is 0. The Labute approximate surface area is 87.4 Å². The number of alkyl carbamates (subject to hydrolysis) is 1. The molecule has 0 aromatic carbocycles. The molecule has 0 aromatic heterocycles. The molecule has 0 aromatic rings. The smallest absolute Gasteiger partial charge is 0.406 e. The zero-order valence-corrected chi connectivity index (χ0v) is 8.87. The topological polar surface area (TPSA) is 102 Å². The first kappa shape index (κ1) is 15.5. The van der Waals surface area contributed by atoms with Gasteiger partial charge in [0.25, 0.3) is 0 Å². The third-order valence-corrected chi connectivity index (χ3v) is 1.23. The lowest BCUT2D eigenvalue weighted by atomic mass is 10.2. The number of aliphatic carboxylic acids is 1. The summed E-state index contributed by atoms with van der Waals surface area (Å²) in [5.41, 5.74) is 5.15. The molecule has 14 heavy (non-hydrogen) atoms. The Morgan fingerprint density at radius 2 is 2.07 bits per heavy atom. The molecule has 0 aliphatic carbocycles. The van der Waals surface area contributed by atoms with Crippen molar-refractivity contribution in [3.05, 3.63) is 0 Å². The number of carbonyl (C=O) groups is 2. The van der Waals surface area contributed by atoms with Crippen molar-refractivity contribution in [2.45, 2.75) is 12.5 Å².